The molecule has 0 atom stereocenters. The first-order valence-electron chi connectivity index (χ1n) is 5.88. The molecule has 1 saturated carbocycles. The van der Waals surface area contributed by atoms with Crippen molar-refractivity contribution < 1.29 is 4.74 Å². The lowest BCUT2D eigenvalue weighted by atomic mass is 9.90. The van der Waals surface area contributed by atoms with Gasteiger partial charge in [0.25, 0.3) is 0 Å². The second-order valence-electron chi connectivity index (χ2n) is 4.40. The van der Waals surface area contributed by atoms with E-state index >= 15 is 0 Å². The lowest BCUT2D eigenvalue weighted by molar-refractivity contribution is 0.202. The smallest absolute Gasteiger partial charge is 0.235 e. The number of hydrogen-bond acceptors (Lipinski definition) is 5. The van der Waals surface area contributed by atoms with Crippen LogP contribution in [0.15, 0.2) is 4.47 Å². The van der Waals surface area contributed by atoms with Crippen LogP contribution in [-0.4, -0.2) is 16.6 Å². The molecule has 0 radical (unpaired) electrons. The molecular formula is C11H17BrN4O. The third-order valence-electron chi connectivity index (χ3n) is 3.04. The summed E-state index contributed by atoms with van der Waals surface area (Å²) < 4.78 is 6.27. The van der Waals surface area contributed by atoms with Crippen molar-refractivity contribution in [2.45, 2.75) is 32.1 Å². The number of nitrogens with two attached hydrogens (primary N) is 2. The van der Waals surface area contributed by atoms with Gasteiger partial charge in [-0.1, -0.05) is 19.3 Å². The van der Waals surface area contributed by atoms with Crippen LogP contribution in [0.1, 0.15) is 32.1 Å². The van der Waals surface area contributed by atoms with Crippen LogP contribution >= 0.6 is 15.9 Å². The predicted octanol–water partition coefficient (Wildman–Crippen LogP) is 2.36. The molecule has 6 heteroatoms. The second-order valence-corrected chi connectivity index (χ2v) is 5.19. The fourth-order valence-corrected chi connectivity index (χ4v) is 2.40. The first-order chi connectivity index (χ1) is 8.16. The van der Waals surface area contributed by atoms with E-state index in [0.717, 1.165) is 0 Å². The molecule has 0 aromatic carbocycles. The average Bonchev–Trinajstić information content (AvgIpc) is 2.33. The highest BCUT2D eigenvalue weighted by Gasteiger charge is 2.16. The minimum absolute atomic E-state index is 0.143. The van der Waals surface area contributed by atoms with E-state index in [1.54, 1.807) is 0 Å². The van der Waals surface area contributed by atoms with E-state index in [9.17, 15) is 0 Å². The summed E-state index contributed by atoms with van der Waals surface area (Å²) in [7, 11) is 0. The van der Waals surface area contributed by atoms with Crippen molar-refractivity contribution >= 4 is 27.7 Å². The molecule has 0 unspecified atom stereocenters. The molecule has 0 aliphatic heterocycles. The van der Waals surface area contributed by atoms with Crippen LogP contribution in [0.2, 0.25) is 0 Å². The van der Waals surface area contributed by atoms with Crippen LogP contribution in [0.5, 0.6) is 5.88 Å². The Morgan fingerprint density at radius 2 is 1.88 bits per heavy atom. The Labute approximate surface area is 109 Å². The summed E-state index contributed by atoms with van der Waals surface area (Å²) in [6.07, 6.45) is 6.39. The number of halogens is 1. The van der Waals surface area contributed by atoms with Crippen molar-refractivity contribution in [3.8, 4) is 5.88 Å². The molecule has 4 N–H and O–H groups in total. The van der Waals surface area contributed by atoms with Gasteiger partial charge in [0, 0.05) is 0 Å². The summed E-state index contributed by atoms with van der Waals surface area (Å²) >= 11 is 3.31. The summed E-state index contributed by atoms with van der Waals surface area (Å²) in [5.74, 6) is 1.52. The normalized spacial score (nSPS) is 17.0. The zero-order chi connectivity index (χ0) is 12.3. The maximum absolute atomic E-state index is 5.68. The number of anilines is 2. The fraction of sp³-hybridized carbons (Fsp3) is 0.636. The molecule has 1 aromatic heterocycles. The van der Waals surface area contributed by atoms with Crippen LogP contribution in [0.4, 0.5) is 11.8 Å². The van der Waals surface area contributed by atoms with Gasteiger partial charge in [-0.15, -0.1) is 0 Å². The van der Waals surface area contributed by atoms with Crippen molar-refractivity contribution in [1.82, 2.24) is 9.97 Å². The Morgan fingerprint density at radius 3 is 2.59 bits per heavy atom. The second kappa shape index (κ2) is 5.53. The molecule has 1 aliphatic carbocycles. The molecule has 0 spiro atoms. The maximum Gasteiger partial charge on any atom is 0.235 e. The molecule has 1 aromatic rings. The largest absolute Gasteiger partial charge is 0.476 e. The Balaban J connectivity index is 1.98. The molecule has 94 valence electrons. The van der Waals surface area contributed by atoms with Gasteiger partial charge in [-0.2, -0.15) is 9.97 Å². The molecule has 1 aliphatic rings. The summed E-state index contributed by atoms with van der Waals surface area (Å²) in [5.41, 5.74) is 11.2. The summed E-state index contributed by atoms with van der Waals surface area (Å²) in [6.45, 7) is 0.675. The van der Waals surface area contributed by atoms with Gasteiger partial charge in [-0.3, -0.25) is 0 Å². The van der Waals surface area contributed by atoms with Gasteiger partial charge in [0.05, 0.1) is 6.61 Å². The van der Waals surface area contributed by atoms with Crippen LogP contribution < -0.4 is 16.2 Å². The van der Waals surface area contributed by atoms with Gasteiger partial charge in [0.1, 0.15) is 10.3 Å². The third-order valence-corrected chi connectivity index (χ3v) is 3.79. The summed E-state index contributed by atoms with van der Waals surface area (Å²) in [6, 6.07) is 0. The SMILES string of the molecule is Nc1nc(N)c(Br)c(OCC2CCCCC2)n1. The summed E-state index contributed by atoms with van der Waals surface area (Å²) in [5, 5.41) is 0. The standard InChI is InChI=1S/C11H17BrN4O/c12-8-9(13)15-11(14)16-10(8)17-6-7-4-2-1-3-5-7/h7H,1-6H2,(H4,13,14,15,16). The van der Waals surface area contributed by atoms with Crippen molar-refractivity contribution in [1.29, 1.82) is 0 Å². The van der Waals surface area contributed by atoms with Crippen LogP contribution in [-0.2, 0) is 0 Å². The Morgan fingerprint density at radius 1 is 1.18 bits per heavy atom. The van der Waals surface area contributed by atoms with Crippen LogP contribution in [0.3, 0.4) is 0 Å². The quantitative estimate of drug-likeness (QED) is 0.895. The number of nitrogen functional groups attached to an aromatic ring is 2. The van der Waals surface area contributed by atoms with Gasteiger partial charge in [-0.05, 0) is 34.7 Å². The zero-order valence-electron chi connectivity index (χ0n) is 9.66. The van der Waals surface area contributed by atoms with Crippen molar-refractivity contribution in [2.75, 3.05) is 18.1 Å². The summed E-state index contributed by atoms with van der Waals surface area (Å²) in [4.78, 5) is 7.88. The van der Waals surface area contributed by atoms with Crippen molar-refractivity contribution in [3.05, 3.63) is 4.47 Å². The van der Waals surface area contributed by atoms with Gasteiger partial charge in [0.15, 0.2) is 0 Å². The van der Waals surface area contributed by atoms with Gasteiger partial charge < -0.3 is 16.2 Å². The molecule has 2 rings (SSSR count). The van der Waals surface area contributed by atoms with Crippen molar-refractivity contribution in [2.24, 2.45) is 5.92 Å². The average molecular weight is 301 g/mol. The number of rotatable bonds is 3. The third kappa shape index (κ3) is 3.21. The molecule has 1 heterocycles. The lowest BCUT2D eigenvalue weighted by Crippen LogP contribution is -2.16. The van der Waals surface area contributed by atoms with Gasteiger partial charge >= 0.3 is 0 Å². The number of ether oxygens (including phenoxy) is 1. The first-order valence-corrected chi connectivity index (χ1v) is 6.67. The topological polar surface area (TPSA) is 87.0 Å². The zero-order valence-corrected chi connectivity index (χ0v) is 11.2. The molecule has 0 saturated heterocycles. The van der Waals surface area contributed by atoms with Gasteiger partial charge in [-0.25, -0.2) is 0 Å². The van der Waals surface area contributed by atoms with E-state index in [2.05, 4.69) is 25.9 Å². The van der Waals surface area contributed by atoms with Crippen molar-refractivity contribution in [3.63, 3.8) is 0 Å². The Kier molecular flexibility index (Phi) is 4.04. The molecule has 0 bridgehead atoms. The van der Waals surface area contributed by atoms with E-state index in [0.29, 0.717) is 28.7 Å². The molecule has 5 nitrogen and oxygen atoms in total. The number of nitrogens with zero attached hydrogens (tertiary/aromatic N) is 2. The van der Waals surface area contributed by atoms with Crippen LogP contribution in [0, 0.1) is 5.92 Å². The Bertz CT molecular complexity index is 393. The molecule has 17 heavy (non-hydrogen) atoms. The van der Waals surface area contributed by atoms with E-state index in [1.807, 2.05) is 0 Å². The van der Waals surface area contributed by atoms with Crippen LogP contribution in [0.25, 0.3) is 0 Å². The maximum atomic E-state index is 5.68. The number of aromatic nitrogens is 2. The molecular weight excluding hydrogens is 284 g/mol. The monoisotopic (exact) mass is 300 g/mol. The predicted molar refractivity (Wildman–Crippen MR) is 70.6 cm³/mol. The molecule has 0 amide bonds. The first kappa shape index (κ1) is 12.4. The lowest BCUT2D eigenvalue weighted by Gasteiger charge is -2.21. The van der Waals surface area contributed by atoms with E-state index in [1.165, 1.54) is 32.1 Å². The highest BCUT2D eigenvalue weighted by atomic mass is 79.9. The fourth-order valence-electron chi connectivity index (χ4n) is 2.11. The molecule has 1 fully saturated rings. The minimum Gasteiger partial charge on any atom is -0.476 e. The van der Waals surface area contributed by atoms with E-state index in [-0.39, 0.29) is 5.95 Å². The number of hydrogen-bond donors (Lipinski definition) is 2. The highest BCUT2D eigenvalue weighted by Crippen LogP contribution is 2.30. The van der Waals surface area contributed by atoms with Gasteiger partial charge in [0.2, 0.25) is 11.8 Å². The minimum atomic E-state index is 0.143. The Hall–Kier alpha value is -1.04. The van der Waals surface area contributed by atoms with E-state index in [4.69, 9.17) is 16.2 Å². The van der Waals surface area contributed by atoms with E-state index < -0.39 is 0 Å². The highest BCUT2D eigenvalue weighted by molar-refractivity contribution is 9.10.